The van der Waals surface area contributed by atoms with Crippen LogP contribution in [0.15, 0.2) is 11.8 Å². The summed E-state index contributed by atoms with van der Waals surface area (Å²) in [6, 6.07) is 0. The lowest BCUT2D eigenvalue weighted by Gasteiger charge is -2.17. The molecule has 0 aliphatic carbocycles. The van der Waals surface area contributed by atoms with Crippen LogP contribution in [0, 0.1) is 0 Å². The van der Waals surface area contributed by atoms with E-state index < -0.39 is 12.1 Å². The van der Waals surface area contributed by atoms with Gasteiger partial charge in [-0.2, -0.15) is 0 Å². The fraction of sp³-hybridized carbons (Fsp3) is 0.667. The Labute approximate surface area is 76.5 Å². The van der Waals surface area contributed by atoms with E-state index in [1.54, 1.807) is 6.08 Å². The van der Waals surface area contributed by atoms with Crippen molar-refractivity contribution >= 4 is 5.78 Å². The first-order chi connectivity index (χ1) is 5.98. The molecular weight excluding hydrogens is 172 g/mol. The highest BCUT2D eigenvalue weighted by Gasteiger charge is 2.46. The molecule has 0 spiro atoms. The highest BCUT2D eigenvalue weighted by atomic mass is 16.8. The number of ether oxygens (including phenoxy) is 3. The van der Waals surface area contributed by atoms with Gasteiger partial charge in [-0.1, -0.05) is 0 Å². The second-order valence-electron chi connectivity index (χ2n) is 3.67. The van der Waals surface area contributed by atoms with Gasteiger partial charge in [0.15, 0.2) is 17.3 Å². The van der Waals surface area contributed by atoms with E-state index in [-0.39, 0.29) is 11.9 Å². The van der Waals surface area contributed by atoms with Crippen LogP contribution in [-0.2, 0) is 19.0 Å². The van der Waals surface area contributed by atoms with Gasteiger partial charge >= 0.3 is 0 Å². The molecule has 4 nitrogen and oxygen atoms in total. The molecule has 0 unspecified atom stereocenters. The largest absolute Gasteiger partial charge is 0.458 e. The molecule has 1 saturated heterocycles. The van der Waals surface area contributed by atoms with Crippen LogP contribution in [0.3, 0.4) is 0 Å². The number of ketones is 1. The minimum absolute atomic E-state index is 0.0978. The van der Waals surface area contributed by atoms with Gasteiger partial charge < -0.3 is 14.2 Å². The van der Waals surface area contributed by atoms with E-state index in [1.807, 2.05) is 13.8 Å². The van der Waals surface area contributed by atoms with Gasteiger partial charge in [0.2, 0.25) is 6.29 Å². The summed E-state index contributed by atoms with van der Waals surface area (Å²) in [5.74, 6) is -0.376. The molecule has 0 radical (unpaired) electrons. The van der Waals surface area contributed by atoms with Crippen molar-refractivity contribution in [2.24, 2.45) is 0 Å². The Kier molecular flexibility index (Phi) is 1.72. The summed E-state index contributed by atoms with van der Waals surface area (Å²) in [6.45, 7) is 5.09. The Hall–Kier alpha value is -0.870. The maximum absolute atomic E-state index is 10.9. The molecule has 1 fully saturated rings. The molecule has 4 heteroatoms. The first-order valence-corrected chi connectivity index (χ1v) is 4.23. The van der Waals surface area contributed by atoms with Crippen molar-refractivity contribution in [3.8, 4) is 0 Å². The molecule has 0 aromatic heterocycles. The van der Waals surface area contributed by atoms with E-state index in [0.29, 0.717) is 5.76 Å². The summed E-state index contributed by atoms with van der Waals surface area (Å²) in [5, 5.41) is 0. The average molecular weight is 184 g/mol. The zero-order valence-corrected chi connectivity index (χ0v) is 7.87. The molecule has 2 heterocycles. The summed E-state index contributed by atoms with van der Waals surface area (Å²) in [6.07, 6.45) is 0.977. The summed E-state index contributed by atoms with van der Waals surface area (Å²) in [5.41, 5.74) is 0. The van der Waals surface area contributed by atoms with Crippen LogP contribution in [0.5, 0.6) is 0 Å². The number of allylic oxidation sites excluding steroid dienone is 1. The number of hydrogen-bond acceptors (Lipinski definition) is 4. The maximum atomic E-state index is 10.9. The van der Waals surface area contributed by atoms with Crippen molar-refractivity contribution in [2.45, 2.75) is 39.0 Å². The van der Waals surface area contributed by atoms with Crippen LogP contribution >= 0.6 is 0 Å². The zero-order valence-electron chi connectivity index (χ0n) is 7.87. The summed E-state index contributed by atoms with van der Waals surface area (Å²) in [7, 11) is 0. The van der Waals surface area contributed by atoms with Gasteiger partial charge in [0.05, 0.1) is 0 Å². The SMILES string of the molecule is CC(=O)C1=C[C@H]2OC(C)(C)O[C@H]2O1. The summed E-state index contributed by atoms with van der Waals surface area (Å²) < 4.78 is 16.1. The van der Waals surface area contributed by atoms with Gasteiger partial charge in [0, 0.05) is 6.92 Å². The molecule has 2 rings (SSSR count). The van der Waals surface area contributed by atoms with Gasteiger partial charge in [-0.15, -0.1) is 0 Å². The second kappa shape index (κ2) is 2.56. The molecule has 2 aliphatic rings. The minimum Gasteiger partial charge on any atom is -0.458 e. The molecule has 13 heavy (non-hydrogen) atoms. The molecule has 0 amide bonds. The van der Waals surface area contributed by atoms with Gasteiger partial charge in [0.25, 0.3) is 0 Å². The fourth-order valence-electron chi connectivity index (χ4n) is 1.48. The molecular formula is C9H12O4. The van der Waals surface area contributed by atoms with Crippen LogP contribution in [0.2, 0.25) is 0 Å². The standard InChI is InChI=1S/C9H12O4/c1-5(10)6-4-7-8(11-6)13-9(2,3)12-7/h4,7-8H,1-3H3/t7-,8-/m1/s1. The zero-order chi connectivity index (χ0) is 9.64. The molecule has 0 saturated carbocycles. The topological polar surface area (TPSA) is 44.8 Å². The number of rotatable bonds is 1. The molecule has 0 aromatic rings. The number of Topliss-reactive ketones (excluding diaryl/α,β-unsaturated/α-hetero) is 1. The molecule has 0 N–H and O–H groups in total. The molecule has 2 atom stereocenters. The van der Waals surface area contributed by atoms with Gasteiger partial charge in [-0.25, -0.2) is 0 Å². The third-order valence-electron chi connectivity index (χ3n) is 1.99. The monoisotopic (exact) mass is 184 g/mol. The maximum Gasteiger partial charge on any atom is 0.232 e. The molecule has 0 aromatic carbocycles. The third kappa shape index (κ3) is 1.47. The number of hydrogen-bond donors (Lipinski definition) is 0. The van der Waals surface area contributed by atoms with Crippen molar-refractivity contribution in [1.29, 1.82) is 0 Å². The van der Waals surface area contributed by atoms with Crippen molar-refractivity contribution in [3.63, 3.8) is 0 Å². The van der Waals surface area contributed by atoms with Gasteiger partial charge in [0.1, 0.15) is 6.10 Å². The lowest BCUT2D eigenvalue weighted by molar-refractivity contribution is -0.182. The predicted octanol–water partition coefficient (Wildman–Crippen LogP) is 0.967. The average Bonchev–Trinajstić information content (AvgIpc) is 2.39. The quantitative estimate of drug-likeness (QED) is 0.609. The van der Waals surface area contributed by atoms with E-state index in [2.05, 4.69) is 0 Å². The van der Waals surface area contributed by atoms with E-state index in [4.69, 9.17) is 14.2 Å². The minimum atomic E-state index is -0.617. The Bertz CT molecular complexity index is 279. The summed E-state index contributed by atoms with van der Waals surface area (Å²) in [4.78, 5) is 10.9. The van der Waals surface area contributed by atoms with E-state index >= 15 is 0 Å². The number of carbonyl (C=O) groups excluding carboxylic acids is 1. The lowest BCUT2D eigenvalue weighted by atomic mass is 10.3. The van der Waals surface area contributed by atoms with E-state index in [0.717, 1.165) is 0 Å². The van der Waals surface area contributed by atoms with Crippen molar-refractivity contribution in [2.75, 3.05) is 0 Å². The first kappa shape index (κ1) is 8.72. The first-order valence-electron chi connectivity index (χ1n) is 4.23. The van der Waals surface area contributed by atoms with Crippen molar-refractivity contribution in [3.05, 3.63) is 11.8 Å². The van der Waals surface area contributed by atoms with E-state index in [9.17, 15) is 4.79 Å². The van der Waals surface area contributed by atoms with E-state index in [1.165, 1.54) is 6.92 Å². The summed E-state index contributed by atoms with van der Waals surface area (Å²) >= 11 is 0. The molecule has 0 bridgehead atoms. The van der Waals surface area contributed by atoms with Crippen LogP contribution < -0.4 is 0 Å². The molecule has 2 aliphatic heterocycles. The number of carbonyl (C=O) groups is 1. The van der Waals surface area contributed by atoms with Crippen molar-refractivity contribution in [1.82, 2.24) is 0 Å². The Morgan fingerprint density at radius 2 is 2.15 bits per heavy atom. The predicted molar refractivity (Wildman–Crippen MR) is 43.7 cm³/mol. The normalized spacial score (nSPS) is 35.2. The molecule has 72 valence electrons. The van der Waals surface area contributed by atoms with Crippen LogP contribution in [0.25, 0.3) is 0 Å². The Morgan fingerprint density at radius 1 is 1.46 bits per heavy atom. The number of fused-ring (bicyclic) bond motifs is 1. The van der Waals surface area contributed by atoms with Crippen LogP contribution in [-0.4, -0.2) is 24.0 Å². The Morgan fingerprint density at radius 3 is 2.69 bits per heavy atom. The van der Waals surface area contributed by atoms with Gasteiger partial charge in [-0.05, 0) is 19.9 Å². The van der Waals surface area contributed by atoms with Gasteiger partial charge in [-0.3, -0.25) is 4.79 Å². The fourth-order valence-corrected chi connectivity index (χ4v) is 1.48. The Balaban J connectivity index is 2.12. The van der Waals surface area contributed by atoms with Crippen LogP contribution in [0.4, 0.5) is 0 Å². The highest BCUT2D eigenvalue weighted by molar-refractivity contribution is 5.91. The third-order valence-corrected chi connectivity index (χ3v) is 1.99. The lowest BCUT2D eigenvalue weighted by Crippen LogP contribution is -2.22. The van der Waals surface area contributed by atoms with Crippen molar-refractivity contribution < 1.29 is 19.0 Å². The highest BCUT2D eigenvalue weighted by Crippen LogP contribution is 2.35. The smallest absolute Gasteiger partial charge is 0.232 e. The second-order valence-corrected chi connectivity index (χ2v) is 3.67. The van der Waals surface area contributed by atoms with Crippen LogP contribution in [0.1, 0.15) is 20.8 Å².